The Morgan fingerprint density at radius 1 is 1.20 bits per heavy atom. The van der Waals surface area contributed by atoms with Gasteiger partial charge in [0.05, 0.1) is 5.69 Å². The average molecular weight is 348 g/mol. The average Bonchev–Trinajstić information content (AvgIpc) is 2.84. The van der Waals surface area contributed by atoms with Crippen molar-refractivity contribution in [2.45, 2.75) is 18.8 Å². The number of rotatable bonds is 3. The lowest BCUT2D eigenvalue weighted by atomic mass is 10.1. The third-order valence-electron chi connectivity index (χ3n) is 4.27. The molecule has 0 bridgehead atoms. The van der Waals surface area contributed by atoms with Crippen molar-refractivity contribution in [3.63, 3.8) is 0 Å². The number of benzene rings is 1. The van der Waals surface area contributed by atoms with Crippen LogP contribution in [0.4, 0.5) is 19.4 Å². The van der Waals surface area contributed by atoms with Crippen LogP contribution in [-0.2, 0) is 18.8 Å². The van der Waals surface area contributed by atoms with Crippen molar-refractivity contribution in [3.05, 3.63) is 53.0 Å². The molecule has 0 spiro atoms. The number of alkyl halides is 2. The summed E-state index contributed by atoms with van der Waals surface area (Å²) in [7, 11) is 1.60. The predicted molar refractivity (Wildman–Crippen MR) is 88.0 cm³/mol. The molecule has 1 aromatic heterocycles. The minimum atomic E-state index is -3.33. The molecule has 1 amide bonds. The lowest BCUT2D eigenvalue weighted by molar-refractivity contribution is 0.0326. The molecule has 1 aliphatic rings. The second-order valence-corrected chi connectivity index (χ2v) is 5.78. The summed E-state index contributed by atoms with van der Waals surface area (Å²) in [5.74, 6) is -3.59. The molecule has 3 rings (SSSR count). The van der Waals surface area contributed by atoms with Gasteiger partial charge in [0.1, 0.15) is 5.82 Å². The third-order valence-corrected chi connectivity index (χ3v) is 4.27. The number of hydrogen-bond acceptors (Lipinski definition) is 4. The molecule has 1 aliphatic heterocycles. The summed E-state index contributed by atoms with van der Waals surface area (Å²) in [5.41, 5.74) is 0.977. The Morgan fingerprint density at radius 2 is 1.88 bits per heavy atom. The van der Waals surface area contributed by atoms with E-state index in [2.05, 4.69) is 15.3 Å². The van der Waals surface area contributed by atoms with Gasteiger partial charge in [-0.05, 0) is 6.42 Å². The molecule has 132 valence electrons. The molecular weight excluding hydrogens is 330 g/mol. The normalized spacial score (nSPS) is 14.6. The molecule has 2 heterocycles. The molecule has 0 atom stereocenters. The van der Waals surface area contributed by atoms with Crippen molar-refractivity contribution in [3.8, 4) is 0 Å². The number of aromatic nitrogens is 2. The molecule has 0 aliphatic carbocycles. The molecule has 0 saturated carbocycles. The van der Waals surface area contributed by atoms with Crippen LogP contribution < -0.4 is 5.32 Å². The highest BCUT2D eigenvalue weighted by Gasteiger charge is 2.39. The molecule has 8 heteroatoms. The Morgan fingerprint density at radius 3 is 2.52 bits per heavy atom. The van der Waals surface area contributed by atoms with Crippen LogP contribution in [-0.4, -0.2) is 46.2 Å². The first kappa shape index (κ1) is 17.1. The molecule has 2 aromatic rings. The van der Waals surface area contributed by atoms with Crippen LogP contribution in [0.5, 0.6) is 0 Å². The quantitative estimate of drug-likeness (QED) is 0.892. The van der Waals surface area contributed by atoms with E-state index in [4.69, 9.17) is 5.11 Å². The SMILES string of the molecule is CNc1nc(C(F)(F)c2ccccc2)nc2c1CCN(C(=O)O)CC2. The summed E-state index contributed by atoms with van der Waals surface area (Å²) in [6.45, 7) is 0.508. The smallest absolute Gasteiger partial charge is 0.407 e. The first-order valence-electron chi connectivity index (χ1n) is 7.92. The van der Waals surface area contributed by atoms with Gasteiger partial charge in [0.2, 0.25) is 5.82 Å². The summed E-state index contributed by atoms with van der Waals surface area (Å²) in [6, 6.07) is 7.41. The number of anilines is 1. The molecule has 0 fully saturated rings. The van der Waals surface area contributed by atoms with Gasteiger partial charge >= 0.3 is 12.0 Å². The maximum Gasteiger partial charge on any atom is 0.407 e. The van der Waals surface area contributed by atoms with E-state index in [-0.39, 0.29) is 25.1 Å². The van der Waals surface area contributed by atoms with E-state index >= 15 is 0 Å². The molecule has 6 nitrogen and oxygen atoms in total. The zero-order valence-corrected chi connectivity index (χ0v) is 13.7. The Bertz CT molecular complexity index is 784. The van der Waals surface area contributed by atoms with Crippen LogP contribution >= 0.6 is 0 Å². The van der Waals surface area contributed by atoms with Crippen LogP contribution in [0.2, 0.25) is 0 Å². The Hall–Kier alpha value is -2.77. The first-order chi connectivity index (χ1) is 11.9. The van der Waals surface area contributed by atoms with E-state index in [1.165, 1.54) is 29.2 Å². The highest BCUT2D eigenvalue weighted by atomic mass is 19.3. The van der Waals surface area contributed by atoms with Gasteiger partial charge in [-0.15, -0.1) is 0 Å². The van der Waals surface area contributed by atoms with Crippen LogP contribution in [0.3, 0.4) is 0 Å². The molecule has 25 heavy (non-hydrogen) atoms. The summed E-state index contributed by atoms with van der Waals surface area (Å²) >= 11 is 0. The molecule has 1 aromatic carbocycles. The largest absolute Gasteiger partial charge is 0.465 e. The zero-order chi connectivity index (χ0) is 18.0. The second-order valence-electron chi connectivity index (χ2n) is 5.78. The Kier molecular flexibility index (Phi) is 4.52. The zero-order valence-electron chi connectivity index (χ0n) is 13.7. The predicted octanol–water partition coefficient (Wildman–Crippen LogP) is 2.74. The lowest BCUT2D eigenvalue weighted by Crippen LogP contribution is -2.31. The molecule has 0 saturated heterocycles. The summed E-state index contributed by atoms with van der Waals surface area (Å²) < 4.78 is 29.6. The van der Waals surface area contributed by atoms with Gasteiger partial charge < -0.3 is 15.3 Å². The van der Waals surface area contributed by atoms with E-state index in [9.17, 15) is 13.6 Å². The van der Waals surface area contributed by atoms with Gasteiger partial charge in [-0.3, -0.25) is 0 Å². The molecule has 0 radical (unpaired) electrons. The van der Waals surface area contributed by atoms with Gasteiger partial charge in [0.15, 0.2) is 0 Å². The summed E-state index contributed by atoms with van der Waals surface area (Å²) in [5, 5.41) is 12.0. The minimum absolute atomic E-state index is 0.183. The van der Waals surface area contributed by atoms with Crippen molar-refractivity contribution in [1.82, 2.24) is 14.9 Å². The standard InChI is InChI=1S/C17H18F2N4O2/c1-20-14-12-7-9-23(16(24)25)10-8-13(12)21-15(22-14)17(18,19)11-5-3-2-4-6-11/h2-6H,7-10H2,1H3,(H,24,25)(H,20,21,22). The van der Waals surface area contributed by atoms with Crippen molar-refractivity contribution >= 4 is 11.9 Å². The van der Waals surface area contributed by atoms with Crippen molar-refractivity contribution in [2.24, 2.45) is 0 Å². The topological polar surface area (TPSA) is 78.4 Å². The molecular formula is C17H18F2N4O2. The van der Waals surface area contributed by atoms with E-state index in [1.807, 2.05) is 0 Å². The van der Waals surface area contributed by atoms with Gasteiger partial charge in [0, 0.05) is 37.7 Å². The fourth-order valence-corrected chi connectivity index (χ4v) is 2.91. The van der Waals surface area contributed by atoms with Crippen molar-refractivity contribution < 1.29 is 18.7 Å². The van der Waals surface area contributed by atoms with Gasteiger partial charge in [-0.2, -0.15) is 8.78 Å². The highest BCUT2D eigenvalue weighted by Crippen LogP contribution is 2.35. The highest BCUT2D eigenvalue weighted by molar-refractivity contribution is 5.65. The van der Waals surface area contributed by atoms with Crippen LogP contribution in [0.15, 0.2) is 30.3 Å². The fraction of sp³-hybridized carbons (Fsp3) is 0.353. The number of carbonyl (C=O) groups is 1. The van der Waals surface area contributed by atoms with Crippen molar-refractivity contribution in [2.75, 3.05) is 25.5 Å². The molecule has 0 unspecified atom stereocenters. The first-order valence-corrected chi connectivity index (χ1v) is 7.92. The van der Waals surface area contributed by atoms with Crippen LogP contribution in [0, 0.1) is 0 Å². The van der Waals surface area contributed by atoms with Crippen LogP contribution in [0.1, 0.15) is 22.6 Å². The van der Waals surface area contributed by atoms with Gasteiger partial charge in [0.25, 0.3) is 0 Å². The van der Waals surface area contributed by atoms with Crippen LogP contribution in [0.25, 0.3) is 0 Å². The minimum Gasteiger partial charge on any atom is -0.465 e. The van der Waals surface area contributed by atoms with E-state index in [0.29, 0.717) is 23.5 Å². The number of nitrogens with zero attached hydrogens (tertiary/aromatic N) is 3. The van der Waals surface area contributed by atoms with E-state index < -0.39 is 17.8 Å². The number of carboxylic acid groups (broad SMARTS) is 1. The number of nitrogens with one attached hydrogen (secondary N) is 1. The Labute approximate surface area is 143 Å². The molecule has 2 N–H and O–H groups in total. The van der Waals surface area contributed by atoms with Crippen molar-refractivity contribution in [1.29, 1.82) is 0 Å². The number of amides is 1. The maximum atomic E-state index is 14.8. The summed E-state index contributed by atoms with van der Waals surface area (Å²) in [4.78, 5) is 20.6. The van der Waals surface area contributed by atoms with E-state index in [1.54, 1.807) is 13.1 Å². The number of hydrogen-bond donors (Lipinski definition) is 2. The third kappa shape index (κ3) is 3.24. The maximum absolute atomic E-state index is 14.8. The lowest BCUT2D eigenvalue weighted by Gasteiger charge is -2.19. The number of halogens is 2. The monoisotopic (exact) mass is 348 g/mol. The summed E-state index contributed by atoms with van der Waals surface area (Å²) in [6.07, 6.45) is -0.368. The van der Waals surface area contributed by atoms with Gasteiger partial charge in [-0.1, -0.05) is 30.3 Å². The number of fused-ring (bicyclic) bond motifs is 1. The fourth-order valence-electron chi connectivity index (χ4n) is 2.91. The second kappa shape index (κ2) is 6.62. The van der Waals surface area contributed by atoms with E-state index in [0.717, 1.165) is 0 Å². The Balaban J connectivity index is 2.03. The van der Waals surface area contributed by atoms with Gasteiger partial charge in [-0.25, -0.2) is 14.8 Å².